The van der Waals surface area contributed by atoms with Crippen molar-refractivity contribution in [1.29, 1.82) is 0 Å². The molecule has 0 radical (unpaired) electrons. The molecule has 2 aromatic carbocycles. The molecule has 0 aliphatic heterocycles. The fraction of sp³-hybridized carbons (Fsp3) is 0.0435. The van der Waals surface area contributed by atoms with Crippen molar-refractivity contribution in [2.75, 3.05) is 0 Å². The maximum absolute atomic E-state index is 11.3. The van der Waals surface area contributed by atoms with E-state index < -0.39 is 10.9 Å². The monoisotopic (exact) mass is 434 g/mol. The van der Waals surface area contributed by atoms with Gasteiger partial charge in [0, 0.05) is 30.0 Å². The quantitative estimate of drug-likeness (QED) is 0.162. The second-order valence-electron chi connectivity index (χ2n) is 6.61. The van der Waals surface area contributed by atoms with Crippen molar-refractivity contribution in [2.45, 2.75) is 6.92 Å². The molecule has 4 rings (SSSR count). The van der Waals surface area contributed by atoms with Crippen molar-refractivity contribution in [1.82, 2.24) is 4.98 Å². The number of non-ortho nitro benzene ring substituents is 1. The zero-order valence-electron chi connectivity index (χ0n) is 16.2. The van der Waals surface area contributed by atoms with Crippen molar-refractivity contribution in [2.24, 2.45) is 0 Å². The first kappa shape index (κ1) is 20.3. The van der Waals surface area contributed by atoms with Gasteiger partial charge in [-0.3, -0.25) is 14.9 Å². The van der Waals surface area contributed by atoms with E-state index in [0.717, 1.165) is 5.39 Å². The molecule has 0 N–H and O–H groups in total. The van der Waals surface area contributed by atoms with Gasteiger partial charge in [-0.2, -0.15) is 0 Å². The van der Waals surface area contributed by atoms with Gasteiger partial charge in [-0.05, 0) is 42.5 Å². The first-order valence-electron chi connectivity index (χ1n) is 9.21. The summed E-state index contributed by atoms with van der Waals surface area (Å²) in [5.74, 6) is 1.03. The second kappa shape index (κ2) is 8.41. The minimum absolute atomic E-state index is 0.0871. The number of hydrogen-bond acceptors (Lipinski definition) is 6. The number of furan rings is 1. The summed E-state index contributed by atoms with van der Waals surface area (Å²) in [6.45, 7) is 1.34. The number of nitro groups is 1. The van der Waals surface area contributed by atoms with Gasteiger partial charge in [-0.1, -0.05) is 29.8 Å². The maximum Gasteiger partial charge on any atom is 0.308 e. The van der Waals surface area contributed by atoms with Gasteiger partial charge in [-0.25, -0.2) is 4.98 Å². The summed E-state index contributed by atoms with van der Waals surface area (Å²) in [6.07, 6.45) is 3.51. The van der Waals surface area contributed by atoms with Crippen LogP contribution in [0.4, 0.5) is 5.69 Å². The van der Waals surface area contributed by atoms with E-state index >= 15 is 0 Å². The molecule has 2 heterocycles. The second-order valence-corrected chi connectivity index (χ2v) is 7.02. The number of rotatable bonds is 5. The predicted octanol–water partition coefficient (Wildman–Crippen LogP) is 6.15. The standard InChI is InChI=1S/C23H15ClN2O5/c1-14(27)30-22-4-2-3-15-5-6-16(25-23(15)22)7-9-18-10-12-21(31-18)19-11-8-17(26(28)29)13-20(19)24/h2-13H,1H3/b9-7+. The lowest BCUT2D eigenvalue weighted by Gasteiger charge is -2.05. The number of benzene rings is 2. The van der Waals surface area contributed by atoms with Crippen LogP contribution < -0.4 is 4.74 Å². The Morgan fingerprint density at radius 3 is 2.71 bits per heavy atom. The molecule has 7 nitrogen and oxygen atoms in total. The number of carbonyl (C=O) groups excluding carboxylic acids is 1. The third kappa shape index (κ3) is 4.46. The summed E-state index contributed by atoms with van der Waals surface area (Å²) < 4.78 is 11.0. The molecule has 0 aliphatic rings. The first-order chi connectivity index (χ1) is 14.9. The van der Waals surface area contributed by atoms with Gasteiger partial charge >= 0.3 is 5.97 Å². The molecule has 0 atom stereocenters. The molecule has 0 unspecified atom stereocenters. The number of halogens is 1. The van der Waals surface area contributed by atoms with Gasteiger partial charge in [0.2, 0.25) is 0 Å². The van der Waals surface area contributed by atoms with Gasteiger partial charge in [0.05, 0.1) is 15.6 Å². The molecule has 0 spiro atoms. The van der Waals surface area contributed by atoms with Crippen LogP contribution in [0, 0.1) is 10.1 Å². The highest BCUT2D eigenvalue weighted by atomic mass is 35.5. The van der Waals surface area contributed by atoms with E-state index in [1.54, 1.807) is 42.5 Å². The summed E-state index contributed by atoms with van der Waals surface area (Å²) in [5, 5.41) is 11.9. The highest BCUT2D eigenvalue weighted by Crippen LogP contribution is 2.32. The SMILES string of the molecule is CC(=O)Oc1cccc2ccc(/C=C/c3ccc(-c4ccc([N+](=O)[O-])cc4Cl)o3)nc12. The van der Waals surface area contributed by atoms with E-state index in [9.17, 15) is 14.9 Å². The highest BCUT2D eigenvalue weighted by Gasteiger charge is 2.13. The number of fused-ring (bicyclic) bond motifs is 1. The van der Waals surface area contributed by atoms with E-state index in [-0.39, 0.29) is 10.7 Å². The summed E-state index contributed by atoms with van der Waals surface area (Å²) in [4.78, 5) is 26.2. The van der Waals surface area contributed by atoms with Crippen LogP contribution in [0.15, 0.2) is 65.1 Å². The molecule has 0 saturated carbocycles. The Morgan fingerprint density at radius 1 is 1.13 bits per heavy atom. The van der Waals surface area contributed by atoms with Crippen LogP contribution in [-0.2, 0) is 4.79 Å². The van der Waals surface area contributed by atoms with E-state index in [0.29, 0.717) is 34.0 Å². The normalized spacial score (nSPS) is 11.2. The smallest absolute Gasteiger partial charge is 0.308 e. The summed E-state index contributed by atoms with van der Waals surface area (Å²) in [5.41, 5.74) is 1.70. The molecule has 0 aliphatic carbocycles. The van der Waals surface area contributed by atoms with Crippen LogP contribution in [0.3, 0.4) is 0 Å². The van der Waals surface area contributed by atoms with Gasteiger partial charge in [0.25, 0.3) is 5.69 Å². The summed E-state index contributed by atoms with van der Waals surface area (Å²) >= 11 is 6.17. The first-order valence-corrected chi connectivity index (χ1v) is 9.59. The number of nitrogens with zero attached hydrogens (tertiary/aromatic N) is 2. The van der Waals surface area contributed by atoms with Crippen LogP contribution in [0.2, 0.25) is 5.02 Å². The van der Waals surface area contributed by atoms with Crippen LogP contribution in [0.5, 0.6) is 5.75 Å². The molecule has 31 heavy (non-hydrogen) atoms. The van der Waals surface area contributed by atoms with Gasteiger partial charge in [-0.15, -0.1) is 0 Å². The van der Waals surface area contributed by atoms with E-state index in [4.69, 9.17) is 20.8 Å². The fourth-order valence-corrected chi connectivity index (χ4v) is 3.30. The van der Waals surface area contributed by atoms with Crippen LogP contribution in [0.1, 0.15) is 18.4 Å². The van der Waals surface area contributed by atoms with E-state index in [1.807, 2.05) is 18.2 Å². The molecule has 4 aromatic rings. The zero-order chi connectivity index (χ0) is 22.0. The lowest BCUT2D eigenvalue weighted by atomic mass is 10.1. The van der Waals surface area contributed by atoms with E-state index in [2.05, 4.69) is 4.98 Å². The van der Waals surface area contributed by atoms with Gasteiger partial charge < -0.3 is 9.15 Å². The predicted molar refractivity (Wildman–Crippen MR) is 118 cm³/mol. The zero-order valence-corrected chi connectivity index (χ0v) is 17.0. The van der Waals surface area contributed by atoms with Gasteiger partial charge in [0.15, 0.2) is 5.75 Å². The summed E-state index contributed by atoms with van der Waals surface area (Å²) in [6, 6.07) is 16.8. The molecular weight excluding hydrogens is 420 g/mol. The average molecular weight is 435 g/mol. The Bertz CT molecular complexity index is 1340. The largest absolute Gasteiger partial charge is 0.457 e. The molecular formula is C23H15ClN2O5. The molecule has 0 bridgehead atoms. The topological polar surface area (TPSA) is 95.5 Å². The maximum atomic E-state index is 11.3. The minimum Gasteiger partial charge on any atom is -0.457 e. The number of aromatic nitrogens is 1. The minimum atomic E-state index is -0.505. The Kier molecular flexibility index (Phi) is 5.51. The highest BCUT2D eigenvalue weighted by molar-refractivity contribution is 6.33. The number of hydrogen-bond donors (Lipinski definition) is 0. The van der Waals surface area contributed by atoms with Crippen LogP contribution in [-0.4, -0.2) is 15.9 Å². The number of ether oxygens (including phenoxy) is 1. The molecule has 154 valence electrons. The average Bonchev–Trinajstić information content (AvgIpc) is 3.20. The molecule has 0 fully saturated rings. The third-order valence-electron chi connectivity index (χ3n) is 4.43. The number of esters is 1. The molecule has 0 saturated heterocycles. The lowest BCUT2D eigenvalue weighted by molar-refractivity contribution is -0.384. The fourth-order valence-electron chi connectivity index (χ4n) is 3.04. The third-order valence-corrected chi connectivity index (χ3v) is 4.75. The van der Waals surface area contributed by atoms with Gasteiger partial charge in [0.1, 0.15) is 17.0 Å². The Balaban J connectivity index is 1.60. The summed E-state index contributed by atoms with van der Waals surface area (Å²) in [7, 11) is 0. The van der Waals surface area contributed by atoms with Crippen molar-refractivity contribution in [3.05, 3.63) is 87.3 Å². The molecule has 8 heteroatoms. The number of para-hydroxylation sites is 1. The Morgan fingerprint density at radius 2 is 1.97 bits per heavy atom. The Hall–Kier alpha value is -3.97. The molecule has 0 amide bonds. The van der Waals surface area contributed by atoms with E-state index in [1.165, 1.54) is 19.1 Å². The van der Waals surface area contributed by atoms with Crippen LogP contribution >= 0.6 is 11.6 Å². The number of pyridine rings is 1. The number of carbonyl (C=O) groups is 1. The van der Waals surface area contributed by atoms with Crippen molar-refractivity contribution >= 4 is 46.3 Å². The van der Waals surface area contributed by atoms with Crippen molar-refractivity contribution in [3.63, 3.8) is 0 Å². The van der Waals surface area contributed by atoms with Crippen LogP contribution in [0.25, 0.3) is 34.4 Å². The molecule has 2 aromatic heterocycles. The van der Waals surface area contributed by atoms with Crippen molar-refractivity contribution < 1.29 is 18.9 Å². The van der Waals surface area contributed by atoms with Crippen molar-refractivity contribution in [3.8, 4) is 17.1 Å². The number of nitro benzene ring substituents is 1. The lowest BCUT2D eigenvalue weighted by Crippen LogP contribution is -2.02. The Labute approximate surface area is 181 Å².